The molecule has 2 aromatic rings. The van der Waals surface area contributed by atoms with Gasteiger partial charge >= 0.3 is 11.9 Å². The first-order valence-corrected chi connectivity index (χ1v) is 15.1. The van der Waals surface area contributed by atoms with Gasteiger partial charge in [-0.05, 0) is 49.7 Å². The van der Waals surface area contributed by atoms with Crippen LogP contribution in [0.25, 0.3) is 0 Å². The number of rotatable bonds is 8. The van der Waals surface area contributed by atoms with Gasteiger partial charge in [0.25, 0.3) is 0 Å². The minimum Gasteiger partial charge on any atom is -0.459 e. The maximum absolute atomic E-state index is 12.8. The van der Waals surface area contributed by atoms with E-state index < -0.39 is 17.2 Å². The van der Waals surface area contributed by atoms with E-state index in [4.69, 9.17) is 19.9 Å². The zero-order chi connectivity index (χ0) is 29.0. The second kappa shape index (κ2) is 15.1. The molecule has 0 unspecified atom stereocenters. The van der Waals surface area contributed by atoms with Crippen LogP contribution in [0.4, 0.5) is 0 Å². The highest BCUT2D eigenvalue weighted by Crippen LogP contribution is 2.31. The molecule has 1 heterocycles. The van der Waals surface area contributed by atoms with E-state index in [1.165, 1.54) is 6.42 Å². The summed E-state index contributed by atoms with van der Waals surface area (Å²) in [6.07, 6.45) is 10.1. The van der Waals surface area contributed by atoms with E-state index in [1.54, 1.807) is 0 Å². The molecule has 0 radical (unpaired) electrons. The molecule has 1 amide bonds. The van der Waals surface area contributed by atoms with Crippen molar-refractivity contribution >= 4 is 17.8 Å². The molecule has 2 saturated carbocycles. The highest BCUT2D eigenvalue weighted by Gasteiger charge is 2.44. The molecule has 5 rings (SSSR count). The van der Waals surface area contributed by atoms with E-state index in [0.717, 1.165) is 68.9 Å². The van der Waals surface area contributed by atoms with Gasteiger partial charge < -0.3 is 25.3 Å². The maximum Gasteiger partial charge on any atom is 0.332 e. The van der Waals surface area contributed by atoms with Crippen LogP contribution in [0, 0.1) is 0 Å². The van der Waals surface area contributed by atoms with Crippen LogP contribution in [0.3, 0.4) is 0 Å². The Balaban J connectivity index is 0.000000201. The van der Waals surface area contributed by atoms with Gasteiger partial charge in [-0.1, -0.05) is 99.2 Å². The van der Waals surface area contributed by atoms with Crippen LogP contribution in [-0.2, 0) is 41.8 Å². The lowest BCUT2D eigenvalue weighted by Gasteiger charge is -2.36. The summed E-state index contributed by atoms with van der Waals surface area (Å²) in [6.45, 7) is 1.17. The van der Waals surface area contributed by atoms with E-state index >= 15 is 0 Å². The largest absolute Gasteiger partial charge is 0.459 e. The fourth-order valence-electron chi connectivity index (χ4n) is 5.75. The minimum atomic E-state index is -0.893. The summed E-state index contributed by atoms with van der Waals surface area (Å²) in [4.78, 5) is 37.2. The van der Waals surface area contributed by atoms with Crippen molar-refractivity contribution < 1.29 is 28.6 Å². The van der Waals surface area contributed by atoms with Crippen molar-refractivity contribution in [2.45, 2.75) is 107 Å². The molecule has 3 fully saturated rings. The number of benzene rings is 2. The van der Waals surface area contributed by atoms with Crippen LogP contribution < -0.4 is 11.1 Å². The topological polar surface area (TPSA) is 117 Å². The Kier molecular flexibility index (Phi) is 11.3. The summed E-state index contributed by atoms with van der Waals surface area (Å²) in [6, 6.07) is 19.3. The molecule has 41 heavy (non-hydrogen) atoms. The molecule has 8 nitrogen and oxygen atoms in total. The molecule has 1 saturated heterocycles. The average Bonchev–Trinajstić information content (AvgIpc) is 3.56. The average molecular weight is 565 g/mol. The molecule has 1 aliphatic heterocycles. The first-order valence-electron chi connectivity index (χ1n) is 15.1. The number of carbonyl (C=O) groups excluding carboxylic acids is 3. The Morgan fingerprint density at radius 2 is 1.24 bits per heavy atom. The number of amides is 1. The first kappa shape index (κ1) is 30.7. The van der Waals surface area contributed by atoms with Gasteiger partial charge in [0, 0.05) is 6.61 Å². The van der Waals surface area contributed by atoms with Gasteiger partial charge in [0.2, 0.25) is 5.91 Å². The molecule has 1 atom stereocenters. The number of esters is 2. The minimum absolute atomic E-state index is 0.175. The van der Waals surface area contributed by atoms with Crippen LogP contribution in [0.2, 0.25) is 0 Å². The van der Waals surface area contributed by atoms with Crippen molar-refractivity contribution in [1.29, 1.82) is 0 Å². The van der Waals surface area contributed by atoms with Crippen LogP contribution in [-0.4, -0.2) is 41.6 Å². The number of hydrogen-bond acceptors (Lipinski definition) is 7. The number of nitrogens with one attached hydrogen (secondary N) is 1. The summed E-state index contributed by atoms with van der Waals surface area (Å²) in [5.41, 5.74) is 6.40. The van der Waals surface area contributed by atoms with Crippen molar-refractivity contribution in [2.24, 2.45) is 5.73 Å². The summed E-state index contributed by atoms with van der Waals surface area (Å²) >= 11 is 0. The SMILES string of the molecule is NC1(C(=O)OCc2ccccc2)CCCCC1.O=C(NC1(C(=O)OCc2ccccc2)CCCCC1)[C@@H]1CCCO1. The molecular weight excluding hydrogens is 520 g/mol. The van der Waals surface area contributed by atoms with Gasteiger partial charge in [-0.15, -0.1) is 0 Å². The number of carbonyl (C=O) groups is 3. The Morgan fingerprint density at radius 3 is 1.76 bits per heavy atom. The van der Waals surface area contributed by atoms with Crippen molar-refractivity contribution in [1.82, 2.24) is 5.32 Å². The van der Waals surface area contributed by atoms with Gasteiger partial charge in [0.05, 0.1) is 0 Å². The van der Waals surface area contributed by atoms with Crippen molar-refractivity contribution in [2.75, 3.05) is 6.61 Å². The lowest BCUT2D eigenvalue weighted by Crippen LogP contribution is -2.58. The van der Waals surface area contributed by atoms with E-state index in [9.17, 15) is 14.4 Å². The lowest BCUT2D eigenvalue weighted by molar-refractivity contribution is -0.158. The van der Waals surface area contributed by atoms with Gasteiger partial charge in [0.1, 0.15) is 30.4 Å². The monoisotopic (exact) mass is 564 g/mol. The maximum atomic E-state index is 12.8. The second-order valence-corrected chi connectivity index (χ2v) is 11.5. The molecule has 222 valence electrons. The molecule has 0 bridgehead atoms. The zero-order valence-corrected chi connectivity index (χ0v) is 24.0. The van der Waals surface area contributed by atoms with Gasteiger partial charge in [-0.3, -0.25) is 9.59 Å². The fraction of sp³-hybridized carbons (Fsp3) is 0.545. The second-order valence-electron chi connectivity index (χ2n) is 11.5. The summed E-state index contributed by atoms with van der Waals surface area (Å²) in [7, 11) is 0. The molecule has 0 spiro atoms. The third-order valence-electron chi connectivity index (χ3n) is 8.26. The molecule has 3 N–H and O–H groups in total. The van der Waals surface area contributed by atoms with E-state index in [2.05, 4.69) is 5.32 Å². The van der Waals surface area contributed by atoms with Crippen LogP contribution in [0.5, 0.6) is 0 Å². The predicted octanol–water partition coefficient (Wildman–Crippen LogP) is 5.12. The molecule has 2 aromatic carbocycles. The summed E-state index contributed by atoms with van der Waals surface area (Å²) < 4.78 is 16.3. The van der Waals surface area contributed by atoms with Gasteiger partial charge in [-0.25, -0.2) is 4.79 Å². The van der Waals surface area contributed by atoms with Gasteiger partial charge in [0.15, 0.2) is 0 Å². The first-order chi connectivity index (χ1) is 19.9. The standard InChI is InChI=1S/C19H25NO4.C14H19NO2/c21-17(16-10-7-13-23-16)20-19(11-5-2-6-12-19)18(22)24-14-15-8-3-1-4-9-15;15-14(9-5-2-6-10-14)13(16)17-11-12-7-3-1-4-8-12/h1,3-4,8-9,16H,2,5-7,10-14H2,(H,20,21);1,3-4,7-8H,2,5-6,9-11,15H2/t16-;/m0./s1. The number of ether oxygens (including phenoxy) is 3. The molecule has 2 aliphatic carbocycles. The Hall–Kier alpha value is -3.23. The zero-order valence-electron chi connectivity index (χ0n) is 24.0. The number of hydrogen-bond donors (Lipinski definition) is 2. The third kappa shape index (κ3) is 8.88. The normalized spacial score (nSPS) is 21.0. The van der Waals surface area contributed by atoms with E-state index in [-0.39, 0.29) is 24.5 Å². The summed E-state index contributed by atoms with van der Waals surface area (Å²) in [5.74, 6) is -0.746. The predicted molar refractivity (Wildman–Crippen MR) is 155 cm³/mol. The van der Waals surface area contributed by atoms with Crippen LogP contribution in [0.1, 0.15) is 88.2 Å². The Labute approximate surface area is 243 Å². The van der Waals surface area contributed by atoms with E-state index in [1.807, 2.05) is 60.7 Å². The summed E-state index contributed by atoms with van der Waals surface area (Å²) in [5, 5.41) is 2.97. The molecule has 8 heteroatoms. The van der Waals surface area contributed by atoms with Crippen LogP contribution >= 0.6 is 0 Å². The smallest absolute Gasteiger partial charge is 0.332 e. The highest BCUT2D eigenvalue weighted by atomic mass is 16.5. The quantitative estimate of drug-likeness (QED) is 0.428. The third-order valence-corrected chi connectivity index (χ3v) is 8.26. The van der Waals surface area contributed by atoms with E-state index in [0.29, 0.717) is 26.1 Å². The fourth-order valence-corrected chi connectivity index (χ4v) is 5.75. The highest BCUT2D eigenvalue weighted by molar-refractivity contribution is 5.90. The molecule has 3 aliphatic rings. The molecule has 0 aromatic heterocycles. The Morgan fingerprint density at radius 1 is 0.732 bits per heavy atom. The van der Waals surface area contributed by atoms with Crippen molar-refractivity contribution in [3.63, 3.8) is 0 Å². The van der Waals surface area contributed by atoms with Crippen molar-refractivity contribution in [3.05, 3.63) is 71.8 Å². The number of nitrogens with two attached hydrogens (primary N) is 1. The van der Waals surface area contributed by atoms with Gasteiger partial charge in [-0.2, -0.15) is 0 Å². The lowest BCUT2D eigenvalue weighted by atomic mass is 9.81. The Bertz CT molecular complexity index is 1110. The van der Waals surface area contributed by atoms with Crippen molar-refractivity contribution in [3.8, 4) is 0 Å². The van der Waals surface area contributed by atoms with Crippen LogP contribution in [0.15, 0.2) is 60.7 Å². The molecular formula is C33H44N2O6.